The summed E-state index contributed by atoms with van der Waals surface area (Å²) in [6.07, 6.45) is 2.59. The number of hydrogen-bond acceptors (Lipinski definition) is 3. The van der Waals surface area contributed by atoms with Gasteiger partial charge < -0.3 is 0 Å². The molecule has 0 saturated heterocycles. The van der Waals surface area contributed by atoms with Gasteiger partial charge in [0.2, 0.25) is 0 Å². The summed E-state index contributed by atoms with van der Waals surface area (Å²) in [6.45, 7) is 0.584. The summed E-state index contributed by atoms with van der Waals surface area (Å²) < 4.78 is 12.3. The Kier molecular flexibility index (Phi) is 5.09. The molecule has 0 aromatic heterocycles. The van der Waals surface area contributed by atoms with Crippen molar-refractivity contribution in [1.29, 1.82) is 0 Å². The highest BCUT2D eigenvalue weighted by Gasteiger charge is 2.03. The fourth-order valence-corrected chi connectivity index (χ4v) is 3.47. The molecular formula is C19H15NOS2. The summed E-state index contributed by atoms with van der Waals surface area (Å²) in [4.78, 5) is 4.63. The number of benzene rings is 3. The van der Waals surface area contributed by atoms with E-state index in [2.05, 4.69) is 46.6 Å². The van der Waals surface area contributed by atoms with E-state index in [-0.39, 0.29) is 0 Å². The van der Waals surface area contributed by atoms with Gasteiger partial charge in [0, 0.05) is 10.3 Å². The van der Waals surface area contributed by atoms with E-state index in [1.54, 1.807) is 5.41 Å². The third-order valence-corrected chi connectivity index (χ3v) is 4.89. The second-order valence-electron chi connectivity index (χ2n) is 5.14. The highest BCUT2D eigenvalue weighted by atomic mass is 32.2. The standard InChI is InChI=1S/C19H15NOS2/c21-23(10-4-3-9-20-14-22)19-8-7-17-11-15-5-1-2-6-16(15)12-18(17)13-19/h1-2,4-8,10-13H,3,9H2/b10-4+. The van der Waals surface area contributed by atoms with Crippen LogP contribution in [0.25, 0.3) is 21.5 Å². The third-order valence-electron chi connectivity index (χ3n) is 3.60. The third kappa shape index (κ3) is 3.80. The van der Waals surface area contributed by atoms with Crippen LogP contribution < -0.4 is 0 Å². The molecule has 1 unspecified atom stereocenters. The van der Waals surface area contributed by atoms with E-state index in [0.717, 1.165) is 15.7 Å². The van der Waals surface area contributed by atoms with Crippen molar-refractivity contribution >= 4 is 49.7 Å². The fourth-order valence-electron chi connectivity index (χ4n) is 2.46. The van der Waals surface area contributed by atoms with Crippen molar-refractivity contribution < 1.29 is 4.21 Å². The second-order valence-corrected chi connectivity index (χ2v) is 6.66. The Hall–Kier alpha value is -2.13. The maximum Gasteiger partial charge on any atom is 0.0772 e. The van der Waals surface area contributed by atoms with Gasteiger partial charge in [-0.3, -0.25) is 0 Å². The Morgan fingerprint density at radius 3 is 2.43 bits per heavy atom. The molecule has 0 saturated carbocycles. The van der Waals surface area contributed by atoms with E-state index in [1.807, 2.05) is 36.4 Å². The monoisotopic (exact) mass is 337 g/mol. The zero-order chi connectivity index (χ0) is 16.1. The van der Waals surface area contributed by atoms with Crippen LogP contribution in [-0.2, 0) is 10.8 Å². The summed E-state index contributed by atoms with van der Waals surface area (Å²) in [5.74, 6) is 0. The zero-order valence-electron chi connectivity index (χ0n) is 12.4. The Morgan fingerprint density at radius 1 is 1.00 bits per heavy atom. The molecule has 114 valence electrons. The maximum absolute atomic E-state index is 12.3. The lowest BCUT2D eigenvalue weighted by Crippen LogP contribution is -1.87. The minimum absolute atomic E-state index is 0.584. The van der Waals surface area contributed by atoms with Gasteiger partial charge >= 0.3 is 0 Å². The Labute approximate surface area is 143 Å². The van der Waals surface area contributed by atoms with Gasteiger partial charge in [-0.25, -0.2) is 9.20 Å². The Morgan fingerprint density at radius 2 is 1.70 bits per heavy atom. The van der Waals surface area contributed by atoms with E-state index in [1.165, 1.54) is 10.8 Å². The first-order valence-corrected chi connectivity index (χ1v) is 8.93. The van der Waals surface area contributed by atoms with E-state index in [0.29, 0.717) is 13.0 Å². The van der Waals surface area contributed by atoms with Gasteiger partial charge in [-0.15, -0.1) is 0 Å². The van der Waals surface area contributed by atoms with E-state index < -0.39 is 10.8 Å². The minimum atomic E-state index is -1.15. The van der Waals surface area contributed by atoms with Gasteiger partial charge in [0.15, 0.2) is 0 Å². The molecule has 4 heteroatoms. The number of rotatable bonds is 5. The molecule has 0 aliphatic carbocycles. The molecule has 0 fully saturated rings. The minimum Gasteiger partial charge on any atom is -0.250 e. The van der Waals surface area contributed by atoms with Crippen LogP contribution >= 0.6 is 12.2 Å². The van der Waals surface area contributed by atoms with E-state index in [9.17, 15) is 4.21 Å². The average molecular weight is 337 g/mol. The molecule has 23 heavy (non-hydrogen) atoms. The normalized spacial score (nSPS) is 12.5. The van der Waals surface area contributed by atoms with Crippen molar-refractivity contribution in [1.82, 2.24) is 0 Å². The van der Waals surface area contributed by atoms with Crippen LogP contribution in [0.3, 0.4) is 0 Å². The molecule has 0 aliphatic heterocycles. The first kappa shape index (κ1) is 15.8. The molecule has 0 radical (unpaired) electrons. The SMILES string of the molecule is O=S(/C=C/CCN=C=S)c1ccc2cc3ccccc3cc2c1. The van der Waals surface area contributed by atoms with Crippen molar-refractivity contribution in [3.05, 3.63) is 66.1 Å². The molecule has 0 aliphatic rings. The van der Waals surface area contributed by atoms with Crippen LogP contribution in [0.4, 0.5) is 0 Å². The molecule has 0 bridgehead atoms. The van der Waals surface area contributed by atoms with Gasteiger partial charge in [0.25, 0.3) is 0 Å². The zero-order valence-corrected chi connectivity index (χ0v) is 14.1. The first-order chi connectivity index (χ1) is 11.3. The largest absolute Gasteiger partial charge is 0.250 e. The number of fused-ring (bicyclic) bond motifs is 2. The molecule has 3 rings (SSSR count). The number of hydrogen-bond donors (Lipinski definition) is 0. The number of isothiocyanates is 1. The smallest absolute Gasteiger partial charge is 0.0772 e. The molecule has 0 heterocycles. The number of thiocarbonyl (C=S) groups is 1. The predicted octanol–water partition coefficient (Wildman–Crippen LogP) is 5.11. The summed E-state index contributed by atoms with van der Waals surface area (Å²) in [5.41, 5.74) is 0. The Balaban J connectivity index is 1.88. The second kappa shape index (κ2) is 7.42. The van der Waals surface area contributed by atoms with Crippen molar-refractivity contribution in [2.45, 2.75) is 11.3 Å². The molecule has 0 spiro atoms. The molecule has 0 amide bonds. The van der Waals surface area contributed by atoms with Gasteiger partial charge in [0.1, 0.15) is 0 Å². The lowest BCUT2D eigenvalue weighted by atomic mass is 10.0. The van der Waals surface area contributed by atoms with Crippen LogP contribution in [0.1, 0.15) is 6.42 Å². The average Bonchev–Trinajstić information content (AvgIpc) is 2.59. The van der Waals surface area contributed by atoms with Gasteiger partial charge in [-0.2, -0.15) is 0 Å². The van der Waals surface area contributed by atoms with Gasteiger partial charge in [0.05, 0.1) is 22.5 Å². The van der Waals surface area contributed by atoms with Crippen LogP contribution in [-0.4, -0.2) is 15.9 Å². The molecular weight excluding hydrogens is 322 g/mol. The molecule has 2 nitrogen and oxygen atoms in total. The molecule has 0 N–H and O–H groups in total. The van der Waals surface area contributed by atoms with Gasteiger partial charge in [-0.1, -0.05) is 36.4 Å². The first-order valence-electron chi connectivity index (χ1n) is 7.31. The predicted molar refractivity (Wildman–Crippen MR) is 102 cm³/mol. The van der Waals surface area contributed by atoms with E-state index in [4.69, 9.17) is 0 Å². The topological polar surface area (TPSA) is 29.4 Å². The van der Waals surface area contributed by atoms with Crippen molar-refractivity contribution in [3.8, 4) is 0 Å². The molecule has 1 atom stereocenters. The lowest BCUT2D eigenvalue weighted by Gasteiger charge is -2.04. The maximum atomic E-state index is 12.3. The van der Waals surface area contributed by atoms with Crippen LogP contribution in [0.5, 0.6) is 0 Å². The van der Waals surface area contributed by atoms with Gasteiger partial charge in [-0.05, 0) is 64.4 Å². The highest BCUT2D eigenvalue weighted by molar-refractivity contribution is 7.88. The summed E-state index contributed by atoms with van der Waals surface area (Å²) >= 11 is 4.51. The summed E-state index contributed by atoms with van der Waals surface area (Å²) in [5, 5.41) is 8.70. The van der Waals surface area contributed by atoms with Crippen LogP contribution in [0, 0.1) is 0 Å². The van der Waals surface area contributed by atoms with Crippen LogP contribution in [0.2, 0.25) is 0 Å². The molecule has 3 aromatic carbocycles. The van der Waals surface area contributed by atoms with E-state index >= 15 is 0 Å². The number of nitrogens with zero attached hydrogens (tertiary/aromatic N) is 1. The summed E-state index contributed by atoms with van der Waals surface area (Å²) in [7, 11) is -1.15. The quantitative estimate of drug-likeness (QED) is 0.280. The lowest BCUT2D eigenvalue weighted by molar-refractivity contribution is 0.688. The van der Waals surface area contributed by atoms with Crippen molar-refractivity contribution in [2.24, 2.45) is 4.99 Å². The fraction of sp³-hybridized carbons (Fsp3) is 0.105. The summed E-state index contributed by atoms with van der Waals surface area (Å²) in [6, 6.07) is 18.5. The highest BCUT2D eigenvalue weighted by Crippen LogP contribution is 2.25. The van der Waals surface area contributed by atoms with Crippen molar-refractivity contribution in [3.63, 3.8) is 0 Å². The Bertz CT molecular complexity index is 956. The van der Waals surface area contributed by atoms with Crippen LogP contribution in [0.15, 0.2) is 76.0 Å². The van der Waals surface area contributed by atoms with Crippen molar-refractivity contribution in [2.75, 3.05) is 6.54 Å². The molecule has 3 aromatic rings. The number of aliphatic imine (C=N–C) groups is 1.